The maximum absolute atomic E-state index is 5.20. The van der Waals surface area contributed by atoms with Crippen LogP contribution >= 0.6 is 22.6 Å². The molecule has 0 aromatic heterocycles. The highest BCUT2D eigenvalue weighted by molar-refractivity contribution is 14.1. The molecule has 0 amide bonds. The zero-order valence-electron chi connectivity index (χ0n) is 7.51. The molecule has 1 N–H and O–H groups in total. The lowest BCUT2D eigenvalue weighted by Gasteiger charge is -2.29. The van der Waals surface area contributed by atoms with Crippen molar-refractivity contribution >= 4 is 22.6 Å². The fourth-order valence-corrected chi connectivity index (χ4v) is 2.18. The number of nitrogens with one attached hydrogen (secondary N) is 1. The molecule has 0 spiro atoms. The molecule has 1 aliphatic heterocycles. The first-order chi connectivity index (χ1) is 6.31. The highest BCUT2D eigenvalue weighted by atomic mass is 127. The quantitative estimate of drug-likeness (QED) is 0.844. The first kappa shape index (κ1) is 9.27. The largest absolute Gasteiger partial charge is 0.497 e. The zero-order chi connectivity index (χ0) is 9.26. The first-order valence-corrected chi connectivity index (χ1v) is 5.46. The average Bonchev–Trinajstić information content (AvgIpc) is 2.06. The molecule has 1 aromatic carbocycles. The summed E-state index contributed by atoms with van der Waals surface area (Å²) in [6.45, 7) is 1.14. The third-order valence-electron chi connectivity index (χ3n) is 2.40. The van der Waals surface area contributed by atoms with Gasteiger partial charge >= 0.3 is 0 Å². The highest BCUT2D eigenvalue weighted by Crippen LogP contribution is 2.29. The Morgan fingerprint density at radius 1 is 1.54 bits per heavy atom. The number of ether oxygens (including phenoxy) is 1. The molecule has 1 fully saturated rings. The highest BCUT2D eigenvalue weighted by Gasteiger charge is 2.20. The van der Waals surface area contributed by atoms with Crippen molar-refractivity contribution in [2.24, 2.45) is 0 Å². The van der Waals surface area contributed by atoms with E-state index in [-0.39, 0.29) is 0 Å². The minimum atomic E-state index is 0.544. The molecule has 2 rings (SSSR count). The Morgan fingerprint density at radius 3 is 2.85 bits per heavy atom. The maximum atomic E-state index is 5.20. The van der Waals surface area contributed by atoms with Gasteiger partial charge < -0.3 is 10.1 Å². The Bertz CT molecular complexity index is 310. The fraction of sp³-hybridized carbons (Fsp3) is 0.400. The van der Waals surface area contributed by atoms with E-state index in [1.807, 2.05) is 6.07 Å². The molecule has 0 aliphatic carbocycles. The Morgan fingerprint density at radius 2 is 2.31 bits per heavy atom. The molecule has 1 heterocycles. The lowest BCUT2D eigenvalue weighted by Crippen LogP contribution is -2.35. The van der Waals surface area contributed by atoms with E-state index < -0.39 is 0 Å². The topological polar surface area (TPSA) is 21.3 Å². The number of hydrogen-bond donors (Lipinski definition) is 1. The van der Waals surface area contributed by atoms with Crippen LogP contribution in [-0.4, -0.2) is 13.7 Å². The molecule has 1 saturated heterocycles. The summed E-state index contributed by atoms with van der Waals surface area (Å²) < 4.78 is 6.51. The summed E-state index contributed by atoms with van der Waals surface area (Å²) in [6.07, 6.45) is 1.24. The van der Waals surface area contributed by atoms with Crippen LogP contribution in [-0.2, 0) is 0 Å². The van der Waals surface area contributed by atoms with Gasteiger partial charge in [0.15, 0.2) is 0 Å². The van der Waals surface area contributed by atoms with E-state index in [0.717, 1.165) is 12.3 Å². The molecule has 0 saturated carbocycles. The summed E-state index contributed by atoms with van der Waals surface area (Å²) in [4.78, 5) is 0. The van der Waals surface area contributed by atoms with Crippen molar-refractivity contribution in [2.45, 2.75) is 12.5 Å². The van der Waals surface area contributed by atoms with Gasteiger partial charge in [-0.2, -0.15) is 0 Å². The van der Waals surface area contributed by atoms with Gasteiger partial charge in [0.05, 0.1) is 7.11 Å². The molecule has 13 heavy (non-hydrogen) atoms. The molecule has 3 heteroatoms. The van der Waals surface area contributed by atoms with E-state index in [4.69, 9.17) is 4.74 Å². The molecule has 1 atom stereocenters. The third kappa shape index (κ3) is 1.81. The smallest absolute Gasteiger partial charge is 0.119 e. The van der Waals surface area contributed by atoms with Gasteiger partial charge in [0.25, 0.3) is 0 Å². The lowest BCUT2D eigenvalue weighted by molar-refractivity contribution is 0.376. The van der Waals surface area contributed by atoms with Gasteiger partial charge in [0, 0.05) is 9.61 Å². The summed E-state index contributed by atoms with van der Waals surface area (Å²) in [5.41, 5.74) is 1.37. The normalized spacial score (nSPS) is 20.9. The molecule has 1 aliphatic rings. The van der Waals surface area contributed by atoms with Crippen molar-refractivity contribution in [2.75, 3.05) is 13.7 Å². The van der Waals surface area contributed by atoms with E-state index in [0.29, 0.717) is 6.04 Å². The van der Waals surface area contributed by atoms with Crippen molar-refractivity contribution in [3.8, 4) is 5.75 Å². The standard InChI is InChI=1S/C10H12INO/c1-13-7-2-3-9(11)8(6-7)10-4-5-12-10/h2-3,6,10,12H,4-5H2,1H3/t10-/m0/s1. The molecule has 0 bridgehead atoms. The monoisotopic (exact) mass is 289 g/mol. The van der Waals surface area contributed by atoms with E-state index in [9.17, 15) is 0 Å². The van der Waals surface area contributed by atoms with Crippen LogP contribution in [0.4, 0.5) is 0 Å². The lowest BCUT2D eigenvalue weighted by atomic mass is 9.98. The van der Waals surface area contributed by atoms with Crippen LogP contribution in [0.25, 0.3) is 0 Å². The summed E-state index contributed by atoms with van der Waals surface area (Å²) in [7, 11) is 1.71. The third-order valence-corrected chi connectivity index (χ3v) is 3.38. The van der Waals surface area contributed by atoms with Crippen LogP contribution in [0, 0.1) is 3.57 Å². The fourth-order valence-electron chi connectivity index (χ4n) is 1.47. The number of hydrogen-bond acceptors (Lipinski definition) is 2. The SMILES string of the molecule is COc1ccc(I)c([C@@H]2CCN2)c1. The number of methoxy groups -OCH3 is 1. The molecule has 2 nitrogen and oxygen atoms in total. The van der Waals surface area contributed by atoms with Crippen LogP contribution < -0.4 is 10.1 Å². The van der Waals surface area contributed by atoms with Gasteiger partial charge in [-0.25, -0.2) is 0 Å². The Balaban J connectivity index is 2.30. The van der Waals surface area contributed by atoms with Crippen LogP contribution in [0.1, 0.15) is 18.0 Å². The number of benzene rings is 1. The summed E-state index contributed by atoms with van der Waals surface area (Å²) >= 11 is 2.37. The minimum Gasteiger partial charge on any atom is -0.497 e. The van der Waals surface area contributed by atoms with Crippen molar-refractivity contribution in [1.29, 1.82) is 0 Å². The van der Waals surface area contributed by atoms with Crippen LogP contribution in [0.3, 0.4) is 0 Å². The van der Waals surface area contributed by atoms with Gasteiger partial charge in [0.2, 0.25) is 0 Å². The summed E-state index contributed by atoms with van der Waals surface area (Å²) in [5, 5.41) is 3.39. The number of halogens is 1. The first-order valence-electron chi connectivity index (χ1n) is 4.38. The van der Waals surface area contributed by atoms with Crippen molar-refractivity contribution < 1.29 is 4.74 Å². The minimum absolute atomic E-state index is 0.544. The molecule has 70 valence electrons. The van der Waals surface area contributed by atoms with E-state index in [1.54, 1.807) is 7.11 Å². The van der Waals surface area contributed by atoms with Crippen LogP contribution in [0.15, 0.2) is 18.2 Å². The molecular formula is C10H12INO. The predicted molar refractivity (Wildman–Crippen MR) is 61.1 cm³/mol. The second-order valence-corrected chi connectivity index (χ2v) is 4.35. The summed E-state index contributed by atoms with van der Waals surface area (Å²) in [5.74, 6) is 0.948. The van der Waals surface area contributed by atoms with Gasteiger partial charge in [-0.3, -0.25) is 0 Å². The predicted octanol–water partition coefficient (Wildman–Crippen LogP) is 2.33. The van der Waals surface area contributed by atoms with Gasteiger partial charge in [-0.05, 0) is 59.3 Å². The van der Waals surface area contributed by atoms with Crippen molar-refractivity contribution in [3.05, 3.63) is 27.3 Å². The van der Waals surface area contributed by atoms with E-state index >= 15 is 0 Å². The van der Waals surface area contributed by atoms with E-state index in [1.165, 1.54) is 15.6 Å². The van der Waals surface area contributed by atoms with Crippen molar-refractivity contribution in [1.82, 2.24) is 5.32 Å². The summed E-state index contributed by atoms with van der Waals surface area (Å²) in [6, 6.07) is 6.78. The maximum Gasteiger partial charge on any atom is 0.119 e. The van der Waals surface area contributed by atoms with Crippen molar-refractivity contribution in [3.63, 3.8) is 0 Å². The van der Waals surface area contributed by atoms with Crippen LogP contribution in [0.5, 0.6) is 5.75 Å². The molecule has 0 unspecified atom stereocenters. The Labute approximate surface area is 91.8 Å². The Hall–Kier alpha value is -0.290. The van der Waals surface area contributed by atoms with Crippen LogP contribution in [0.2, 0.25) is 0 Å². The van der Waals surface area contributed by atoms with E-state index in [2.05, 4.69) is 40.0 Å². The average molecular weight is 289 g/mol. The van der Waals surface area contributed by atoms with Gasteiger partial charge in [0.1, 0.15) is 5.75 Å². The molecular weight excluding hydrogens is 277 g/mol. The molecule has 0 radical (unpaired) electrons. The second-order valence-electron chi connectivity index (χ2n) is 3.18. The zero-order valence-corrected chi connectivity index (χ0v) is 9.67. The Kier molecular flexibility index (Phi) is 2.74. The number of rotatable bonds is 2. The van der Waals surface area contributed by atoms with Gasteiger partial charge in [-0.15, -0.1) is 0 Å². The second kappa shape index (κ2) is 3.84. The molecule has 1 aromatic rings. The van der Waals surface area contributed by atoms with Gasteiger partial charge in [-0.1, -0.05) is 0 Å².